The van der Waals surface area contributed by atoms with Crippen molar-refractivity contribution in [3.63, 3.8) is 0 Å². The second-order valence-corrected chi connectivity index (χ2v) is 6.48. The van der Waals surface area contributed by atoms with Gasteiger partial charge in [-0.1, -0.05) is 0 Å². The van der Waals surface area contributed by atoms with Crippen LogP contribution in [0.4, 0.5) is 10.1 Å². The molecule has 0 aliphatic rings. The Morgan fingerprint density at radius 2 is 2.10 bits per heavy atom. The molecule has 2 rings (SSSR count). The molecule has 1 unspecified atom stereocenters. The number of hydrogen-bond donors (Lipinski definition) is 2. The van der Waals surface area contributed by atoms with E-state index in [0.717, 1.165) is 6.07 Å². The molecule has 1 atom stereocenters. The summed E-state index contributed by atoms with van der Waals surface area (Å²) in [6.45, 7) is 3.10. The number of nitrogens with one attached hydrogen (secondary N) is 1. The van der Waals surface area contributed by atoms with Crippen molar-refractivity contribution in [1.29, 1.82) is 0 Å². The Hall–Kier alpha value is -2.00. The lowest BCUT2D eigenvalue weighted by Crippen LogP contribution is -2.28. The van der Waals surface area contributed by atoms with Crippen LogP contribution in [0.3, 0.4) is 0 Å². The van der Waals surface area contributed by atoms with Crippen LogP contribution in [0.2, 0.25) is 0 Å². The fourth-order valence-electron chi connectivity index (χ4n) is 1.87. The van der Waals surface area contributed by atoms with Crippen molar-refractivity contribution >= 4 is 15.7 Å². The first-order valence-electron chi connectivity index (χ1n) is 6.14. The zero-order chi connectivity index (χ0) is 15.8. The van der Waals surface area contributed by atoms with Crippen LogP contribution in [0.25, 0.3) is 0 Å². The van der Waals surface area contributed by atoms with Crippen molar-refractivity contribution in [3.8, 4) is 0 Å². The molecule has 0 fully saturated rings. The van der Waals surface area contributed by atoms with E-state index in [1.165, 1.54) is 19.3 Å². The van der Waals surface area contributed by atoms with E-state index in [9.17, 15) is 12.8 Å². The Kier molecular flexibility index (Phi) is 3.97. The van der Waals surface area contributed by atoms with E-state index in [-0.39, 0.29) is 16.1 Å². The maximum absolute atomic E-state index is 13.6. The van der Waals surface area contributed by atoms with Crippen LogP contribution >= 0.6 is 0 Å². The SMILES string of the molecule is Cc1c(N)cc(S(=O)(=O)NC(C)c2nncn2C)cc1F. The van der Waals surface area contributed by atoms with Gasteiger partial charge in [-0.15, -0.1) is 10.2 Å². The summed E-state index contributed by atoms with van der Waals surface area (Å²) in [5.74, 6) is -0.221. The third-order valence-corrected chi connectivity index (χ3v) is 4.65. The van der Waals surface area contributed by atoms with Crippen molar-refractivity contribution < 1.29 is 12.8 Å². The smallest absolute Gasteiger partial charge is 0.241 e. The summed E-state index contributed by atoms with van der Waals surface area (Å²) in [6, 6.07) is 1.55. The van der Waals surface area contributed by atoms with Gasteiger partial charge in [0.2, 0.25) is 10.0 Å². The highest BCUT2D eigenvalue weighted by Crippen LogP contribution is 2.22. The van der Waals surface area contributed by atoms with Crippen molar-refractivity contribution in [3.05, 3.63) is 35.7 Å². The number of nitrogens with zero attached hydrogens (tertiary/aromatic N) is 3. The van der Waals surface area contributed by atoms with E-state index in [4.69, 9.17) is 5.73 Å². The average Bonchev–Trinajstić information content (AvgIpc) is 2.81. The third-order valence-electron chi connectivity index (χ3n) is 3.13. The summed E-state index contributed by atoms with van der Waals surface area (Å²) in [4.78, 5) is -0.225. The van der Waals surface area contributed by atoms with Gasteiger partial charge >= 0.3 is 0 Å². The van der Waals surface area contributed by atoms with Crippen molar-refractivity contribution in [2.45, 2.75) is 24.8 Å². The number of aryl methyl sites for hydroxylation is 1. The quantitative estimate of drug-likeness (QED) is 0.816. The van der Waals surface area contributed by atoms with Crippen LogP contribution in [0.15, 0.2) is 23.4 Å². The number of halogens is 1. The highest BCUT2D eigenvalue weighted by Gasteiger charge is 2.22. The predicted octanol–water partition coefficient (Wildman–Crippen LogP) is 0.884. The minimum atomic E-state index is -3.92. The minimum Gasteiger partial charge on any atom is -0.398 e. The molecule has 1 aromatic carbocycles. The molecule has 0 saturated carbocycles. The van der Waals surface area contributed by atoms with Crippen LogP contribution in [-0.2, 0) is 17.1 Å². The van der Waals surface area contributed by atoms with Crippen LogP contribution in [0.5, 0.6) is 0 Å². The predicted molar refractivity (Wildman–Crippen MR) is 75.3 cm³/mol. The first-order chi connectivity index (χ1) is 9.72. The lowest BCUT2D eigenvalue weighted by molar-refractivity contribution is 0.551. The summed E-state index contributed by atoms with van der Waals surface area (Å²) in [7, 11) is -2.22. The highest BCUT2D eigenvalue weighted by molar-refractivity contribution is 7.89. The lowest BCUT2D eigenvalue weighted by atomic mass is 10.2. The molecule has 9 heteroatoms. The normalized spacial score (nSPS) is 13.3. The lowest BCUT2D eigenvalue weighted by Gasteiger charge is -2.14. The Labute approximate surface area is 122 Å². The number of sulfonamides is 1. The number of benzene rings is 1. The number of rotatable bonds is 4. The molecule has 3 N–H and O–H groups in total. The summed E-state index contributed by atoms with van der Waals surface area (Å²) in [5, 5.41) is 7.51. The summed E-state index contributed by atoms with van der Waals surface area (Å²) >= 11 is 0. The zero-order valence-electron chi connectivity index (χ0n) is 11.8. The molecule has 0 spiro atoms. The van der Waals surface area contributed by atoms with Gasteiger partial charge in [-0.25, -0.2) is 17.5 Å². The third kappa shape index (κ3) is 3.03. The Morgan fingerprint density at radius 1 is 1.43 bits per heavy atom. The van der Waals surface area contributed by atoms with Crippen molar-refractivity contribution in [2.24, 2.45) is 7.05 Å². The van der Waals surface area contributed by atoms with Gasteiger partial charge in [-0.05, 0) is 26.0 Å². The maximum atomic E-state index is 13.6. The second kappa shape index (κ2) is 5.41. The molecule has 1 aromatic heterocycles. The zero-order valence-corrected chi connectivity index (χ0v) is 12.6. The second-order valence-electron chi connectivity index (χ2n) is 4.76. The molecule has 0 amide bonds. The highest BCUT2D eigenvalue weighted by atomic mass is 32.2. The van der Waals surface area contributed by atoms with E-state index in [2.05, 4.69) is 14.9 Å². The molecular formula is C12H16FN5O2S. The number of nitrogens with two attached hydrogens (primary N) is 1. The first kappa shape index (κ1) is 15.4. The van der Waals surface area contributed by atoms with Crippen molar-refractivity contribution in [2.75, 3.05) is 5.73 Å². The molecule has 1 heterocycles. The van der Waals surface area contributed by atoms with E-state index in [1.807, 2.05) is 0 Å². The molecule has 0 aliphatic carbocycles. The summed E-state index contributed by atoms with van der Waals surface area (Å²) in [5.41, 5.74) is 5.91. The summed E-state index contributed by atoms with van der Waals surface area (Å²) in [6.07, 6.45) is 1.46. The number of anilines is 1. The number of aromatic nitrogens is 3. The topological polar surface area (TPSA) is 103 Å². The molecule has 114 valence electrons. The van der Waals surface area contributed by atoms with E-state index in [0.29, 0.717) is 5.82 Å². The van der Waals surface area contributed by atoms with Crippen LogP contribution < -0.4 is 10.5 Å². The fraction of sp³-hybridized carbons (Fsp3) is 0.333. The van der Waals surface area contributed by atoms with E-state index >= 15 is 0 Å². The Balaban J connectivity index is 2.33. The standard InChI is InChI=1S/C12H16FN5O2S/c1-7-10(13)4-9(5-11(7)14)21(19,20)17-8(2)12-16-15-6-18(12)3/h4-6,8,17H,14H2,1-3H3. The molecule has 0 bridgehead atoms. The number of hydrogen-bond acceptors (Lipinski definition) is 5. The van der Waals surface area contributed by atoms with Crippen molar-refractivity contribution in [1.82, 2.24) is 19.5 Å². The monoisotopic (exact) mass is 313 g/mol. The van der Waals surface area contributed by atoms with Gasteiger partial charge < -0.3 is 10.3 Å². The molecule has 0 aliphatic heterocycles. The van der Waals surface area contributed by atoms with E-state index in [1.54, 1.807) is 18.5 Å². The average molecular weight is 313 g/mol. The maximum Gasteiger partial charge on any atom is 0.241 e. The van der Waals surface area contributed by atoms with Gasteiger partial charge in [0.05, 0.1) is 10.9 Å². The van der Waals surface area contributed by atoms with Gasteiger partial charge in [-0.3, -0.25) is 0 Å². The fourth-order valence-corrected chi connectivity index (χ4v) is 3.11. The Morgan fingerprint density at radius 3 is 2.62 bits per heavy atom. The molecular weight excluding hydrogens is 297 g/mol. The molecule has 2 aromatic rings. The van der Waals surface area contributed by atoms with E-state index < -0.39 is 21.9 Å². The number of nitrogen functional groups attached to an aromatic ring is 1. The Bertz CT molecular complexity index is 749. The molecule has 7 nitrogen and oxygen atoms in total. The minimum absolute atomic E-state index is 0.0849. The molecule has 0 saturated heterocycles. The van der Waals surface area contributed by atoms with Crippen LogP contribution in [0, 0.1) is 12.7 Å². The van der Waals surface area contributed by atoms with Gasteiger partial charge in [-0.2, -0.15) is 0 Å². The summed E-state index contributed by atoms with van der Waals surface area (Å²) < 4.78 is 42.2. The van der Waals surface area contributed by atoms with Gasteiger partial charge in [0.15, 0.2) is 0 Å². The molecule has 21 heavy (non-hydrogen) atoms. The van der Waals surface area contributed by atoms with Gasteiger partial charge in [0, 0.05) is 18.3 Å². The van der Waals surface area contributed by atoms with Crippen LogP contribution in [-0.4, -0.2) is 23.2 Å². The largest absolute Gasteiger partial charge is 0.398 e. The van der Waals surface area contributed by atoms with Crippen LogP contribution in [0.1, 0.15) is 24.4 Å². The van der Waals surface area contributed by atoms with Gasteiger partial charge in [0.1, 0.15) is 18.0 Å². The first-order valence-corrected chi connectivity index (χ1v) is 7.62. The van der Waals surface area contributed by atoms with Gasteiger partial charge in [0.25, 0.3) is 0 Å². The molecule has 0 radical (unpaired) electrons.